The van der Waals surface area contributed by atoms with Gasteiger partial charge in [0, 0.05) is 24.3 Å². The van der Waals surface area contributed by atoms with Crippen molar-refractivity contribution in [1.82, 2.24) is 4.31 Å². The van der Waals surface area contributed by atoms with Crippen LogP contribution in [0, 0.1) is 6.92 Å². The van der Waals surface area contributed by atoms with E-state index >= 15 is 0 Å². The molecule has 3 N–H and O–H groups in total. The Hall–Kier alpha value is -3.11. The second-order valence-electron chi connectivity index (χ2n) is 7.87. The van der Waals surface area contributed by atoms with Gasteiger partial charge in [-0.3, -0.25) is 9.59 Å². The Balaban J connectivity index is 1.81. The smallest absolute Gasteiger partial charge is 0.255 e. The number of benzene rings is 2. The fourth-order valence-corrected chi connectivity index (χ4v) is 5.42. The average molecular weight is 476 g/mol. The van der Waals surface area contributed by atoms with Gasteiger partial charge in [-0.05, 0) is 55.7 Å². The molecular formula is C23H29N3O6S. The first-order valence-electron chi connectivity index (χ1n) is 10.7. The number of amides is 2. The molecule has 1 fully saturated rings. The Morgan fingerprint density at radius 3 is 2.36 bits per heavy atom. The monoisotopic (exact) mass is 475 g/mol. The highest BCUT2D eigenvalue weighted by Crippen LogP contribution is 2.29. The summed E-state index contributed by atoms with van der Waals surface area (Å²) in [6.45, 7) is 2.43. The molecule has 0 unspecified atom stereocenters. The summed E-state index contributed by atoms with van der Waals surface area (Å²) in [6.07, 6.45) is 3.74. The zero-order chi connectivity index (χ0) is 24.0. The number of nitrogens with one attached hydrogen (secondary N) is 1. The topological polar surface area (TPSA) is 128 Å². The average Bonchev–Trinajstić information content (AvgIpc) is 3.09. The number of anilines is 1. The number of ether oxygens (including phenoxy) is 2. The molecule has 1 aliphatic rings. The molecule has 0 aliphatic carbocycles. The predicted molar refractivity (Wildman–Crippen MR) is 124 cm³/mol. The van der Waals surface area contributed by atoms with Gasteiger partial charge in [-0.1, -0.05) is 18.9 Å². The van der Waals surface area contributed by atoms with E-state index in [1.807, 2.05) is 0 Å². The minimum absolute atomic E-state index is 0.190. The minimum atomic E-state index is -3.66. The van der Waals surface area contributed by atoms with Crippen LogP contribution < -0.4 is 20.5 Å². The summed E-state index contributed by atoms with van der Waals surface area (Å²) < 4.78 is 38.5. The molecule has 0 radical (unpaired) electrons. The molecule has 2 amide bonds. The number of nitrogens with two attached hydrogens (primary N) is 1. The zero-order valence-corrected chi connectivity index (χ0v) is 19.6. The summed E-state index contributed by atoms with van der Waals surface area (Å²) in [5, 5.41) is 2.74. The molecule has 1 heterocycles. The van der Waals surface area contributed by atoms with E-state index < -0.39 is 21.8 Å². The molecule has 10 heteroatoms. The van der Waals surface area contributed by atoms with Gasteiger partial charge >= 0.3 is 0 Å². The van der Waals surface area contributed by atoms with Crippen LogP contribution in [0.1, 0.15) is 41.6 Å². The Bertz CT molecular complexity index is 1130. The second-order valence-corrected chi connectivity index (χ2v) is 9.78. The SMILES string of the molecule is COc1cc(C(=O)Nc2ccc(C)c(S(=O)(=O)N3CCCCCC3)c2)ccc1OCC(N)=O. The summed E-state index contributed by atoms with van der Waals surface area (Å²) in [6, 6.07) is 9.32. The van der Waals surface area contributed by atoms with E-state index in [1.54, 1.807) is 19.1 Å². The highest BCUT2D eigenvalue weighted by molar-refractivity contribution is 7.89. The lowest BCUT2D eigenvalue weighted by atomic mass is 10.1. The van der Waals surface area contributed by atoms with Crippen LogP contribution in [0.15, 0.2) is 41.3 Å². The molecule has 2 aromatic carbocycles. The number of rotatable bonds is 8. The number of carbonyl (C=O) groups is 2. The maximum Gasteiger partial charge on any atom is 0.255 e. The first-order valence-corrected chi connectivity index (χ1v) is 12.2. The molecule has 0 bridgehead atoms. The summed E-state index contributed by atoms with van der Waals surface area (Å²) in [7, 11) is -2.25. The van der Waals surface area contributed by atoms with Crippen molar-refractivity contribution in [3.05, 3.63) is 47.5 Å². The Kier molecular flexibility index (Phi) is 7.93. The van der Waals surface area contributed by atoms with Crippen molar-refractivity contribution in [2.45, 2.75) is 37.5 Å². The summed E-state index contributed by atoms with van der Waals surface area (Å²) in [5.41, 5.74) is 6.35. The van der Waals surface area contributed by atoms with Crippen LogP contribution in [0.5, 0.6) is 11.5 Å². The van der Waals surface area contributed by atoms with Crippen LogP contribution in [0.2, 0.25) is 0 Å². The third-order valence-corrected chi connectivity index (χ3v) is 7.47. The summed E-state index contributed by atoms with van der Waals surface area (Å²) >= 11 is 0. The molecule has 1 aliphatic heterocycles. The molecule has 0 spiro atoms. The number of nitrogens with zero attached hydrogens (tertiary/aromatic N) is 1. The molecule has 2 aromatic rings. The van der Waals surface area contributed by atoms with Crippen molar-refractivity contribution in [2.75, 3.05) is 32.1 Å². The molecule has 0 saturated carbocycles. The van der Waals surface area contributed by atoms with Crippen LogP contribution >= 0.6 is 0 Å². The molecule has 3 rings (SSSR count). The zero-order valence-electron chi connectivity index (χ0n) is 18.8. The molecule has 0 atom stereocenters. The van der Waals surface area contributed by atoms with Crippen molar-refractivity contribution < 1.29 is 27.5 Å². The second kappa shape index (κ2) is 10.7. The molecule has 0 aromatic heterocycles. The van der Waals surface area contributed by atoms with Gasteiger partial charge in [-0.25, -0.2) is 8.42 Å². The Morgan fingerprint density at radius 2 is 1.73 bits per heavy atom. The Morgan fingerprint density at radius 1 is 1.03 bits per heavy atom. The highest BCUT2D eigenvalue weighted by atomic mass is 32.2. The quantitative estimate of drug-likeness (QED) is 0.604. The van der Waals surface area contributed by atoms with Gasteiger partial charge < -0.3 is 20.5 Å². The number of sulfonamides is 1. The van der Waals surface area contributed by atoms with Crippen molar-refractivity contribution in [2.24, 2.45) is 5.73 Å². The van der Waals surface area contributed by atoms with Crippen molar-refractivity contribution in [1.29, 1.82) is 0 Å². The number of hydrogen-bond donors (Lipinski definition) is 2. The molecular weight excluding hydrogens is 446 g/mol. The van der Waals surface area contributed by atoms with E-state index in [1.165, 1.54) is 35.7 Å². The van der Waals surface area contributed by atoms with Crippen LogP contribution in [0.4, 0.5) is 5.69 Å². The molecule has 178 valence electrons. The van der Waals surface area contributed by atoms with Crippen molar-refractivity contribution in [3.8, 4) is 11.5 Å². The number of hydrogen-bond acceptors (Lipinski definition) is 6. The molecule has 1 saturated heterocycles. The van der Waals surface area contributed by atoms with E-state index in [0.717, 1.165) is 25.7 Å². The maximum absolute atomic E-state index is 13.2. The lowest BCUT2D eigenvalue weighted by Gasteiger charge is -2.21. The lowest BCUT2D eigenvalue weighted by Crippen LogP contribution is -2.32. The summed E-state index contributed by atoms with van der Waals surface area (Å²) in [4.78, 5) is 23.9. The minimum Gasteiger partial charge on any atom is -0.493 e. The first kappa shape index (κ1) is 24.5. The van der Waals surface area contributed by atoms with E-state index in [9.17, 15) is 18.0 Å². The van der Waals surface area contributed by atoms with Gasteiger partial charge in [0.05, 0.1) is 12.0 Å². The van der Waals surface area contributed by atoms with Gasteiger partial charge in [0.2, 0.25) is 10.0 Å². The predicted octanol–water partition coefficient (Wildman–Crippen LogP) is 2.68. The largest absolute Gasteiger partial charge is 0.493 e. The van der Waals surface area contributed by atoms with E-state index in [2.05, 4.69) is 5.32 Å². The van der Waals surface area contributed by atoms with Crippen LogP contribution in [-0.4, -0.2) is 51.3 Å². The van der Waals surface area contributed by atoms with E-state index in [-0.39, 0.29) is 28.6 Å². The fourth-order valence-electron chi connectivity index (χ4n) is 3.66. The number of methoxy groups -OCH3 is 1. The number of aryl methyl sites for hydroxylation is 1. The van der Waals surface area contributed by atoms with Gasteiger partial charge in [-0.2, -0.15) is 4.31 Å². The van der Waals surface area contributed by atoms with Gasteiger partial charge in [0.1, 0.15) is 0 Å². The third kappa shape index (κ3) is 6.02. The first-order chi connectivity index (χ1) is 15.7. The van der Waals surface area contributed by atoms with E-state index in [4.69, 9.17) is 15.2 Å². The van der Waals surface area contributed by atoms with E-state index in [0.29, 0.717) is 24.3 Å². The van der Waals surface area contributed by atoms with Gasteiger partial charge in [0.15, 0.2) is 18.1 Å². The fraction of sp³-hybridized carbons (Fsp3) is 0.391. The van der Waals surface area contributed by atoms with Gasteiger partial charge in [-0.15, -0.1) is 0 Å². The summed E-state index contributed by atoms with van der Waals surface area (Å²) in [5.74, 6) is -0.549. The standard InChI is InChI=1S/C23H29N3O6S/c1-16-7-9-18(14-21(16)33(29,30)26-11-5-3-4-6-12-26)25-23(28)17-8-10-19(20(13-17)31-2)32-15-22(24)27/h7-10,13-14H,3-6,11-12,15H2,1-2H3,(H2,24,27)(H,25,28). The van der Waals surface area contributed by atoms with Gasteiger partial charge in [0.25, 0.3) is 11.8 Å². The van der Waals surface area contributed by atoms with Crippen LogP contribution in [-0.2, 0) is 14.8 Å². The number of carbonyl (C=O) groups excluding carboxylic acids is 2. The number of primary amides is 1. The normalized spacial score (nSPS) is 14.8. The Labute approximate surface area is 193 Å². The molecule has 33 heavy (non-hydrogen) atoms. The lowest BCUT2D eigenvalue weighted by molar-refractivity contribution is -0.119. The molecule has 9 nitrogen and oxygen atoms in total. The van der Waals surface area contributed by atoms with Crippen molar-refractivity contribution in [3.63, 3.8) is 0 Å². The van der Waals surface area contributed by atoms with Crippen molar-refractivity contribution >= 4 is 27.5 Å². The maximum atomic E-state index is 13.2. The van der Waals surface area contributed by atoms with Crippen LogP contribution in [0.3, 0.4) is 0 Å². The highest BCUT2D eigenvalue weighted by Gasteiger charge is 2.27. The third-order valence-electron chi connectivity index (χ3n) is 5.42. The van der Waals surface area contributed by atoms with Crippen LogP contribution in [0.25, 0.3) is 0 Å².